The van der Waals surface area contributed by atoms with Gasteiger partial charge < -0.3 is 30.2 Å². The molecule has 1 atom stereocenters. The molecule has 11 heteroatoms. The molecule has 0 heterocycles. The van der Waals surface area contributed by atoms with Crippen molar-refractivity contribution in [3.63, 3.8) is 0 Å². The molecule has 0 fully saturated rings. The Balaban J connectivity index is 1.58. The van der Waals surface area contributed by atoms with Crippen LogP contribution < -0.4 is 30.2 Å². The molecule has 0 aliphatic heterocycles. The maximum absolute atomic E-state index is 13.7. The highest BCUT2D eigenvalue weighted by molar-refractivity contribution is 9.10. The Hall–Kier alpha value is -4.74. The molecule has 0 radical (unpaired) electrons. The number of benzene rings is 4. The lowest BCUT2D eigenvalue weighted by atomic mass is 10.1. The third-order valence-electron chi connectivity index (χ3n) is 6.47. The average molecular weight is 691 g/mol. The van der Waals surface area contributed by atoms with E-state index in [1.165, 1.54) is 39.2 Å². The Bertz CT molecular complexity index is 1710. The van der Waals surface area contributed by atoms with Crippen LogP contribution in [-0.4, -0.2) is 44.3 Å². The molecule has 0 saturated heterocycles. The van der Waals surface area contributed by atoms with Gasteiger partial charge in [0.05, 0.1) is 32.3 Å². The molecule has 4 aromatic rings. The number of ether oxygens (including phenoxy) is 3. The van der Waals surface area contributed by atoms with E-state index in [2.05, 4.69) is 31.9 Å². The molecule has 0 aliphatic carbocycles. The molecule has 0 bridgehead atoms. The first-order chi connectivity index (χ1) is 21.7. The molecule has 9 nitrogen and oxygen atoms in total. The lowest BCUT2D eigenvalue weighted by Crippen LogP contribution is -2.30. The molecule has 3 amide bonds. The van der Waals surface area contributed by atoms with Crippen LogP contribution in [0.2, 0.25) is 0 Å². The van der Waals surface area contributed by atoms with E-state index in [0.717, 1.165) is 9.37 Å². The maximum atomic E-state index is 13.7. The Morgan fingerprint density at radius 3 is 2.13 bits per heavy atom. The molecule has 232 valence electrons. The van der Waals surface area contributed by atoms with Crippen LogP contribution in [0.25, 0.3) is 6.08 Å². The van der Waals surface area contributed by atoms with Gasteiger partial charge in [0, 0.05) is 32.2 Å². The first kappa shape index (κ1) is 33.2. The van der Waals surface area contributed by atoms with Crippen molar-refractivity contribution >= 4 is 62.9 Å². The monoisotopic (exact) mass is 689 g/mol. The molecule has 0 spiro atoms. The molecule has 0 saturated carbocycles. The molecule has 1 unspecified atom stereocenters. The predicted octanol–water partition coefficient (Wildman–Crippen LogP) is 7.00. The quantitative estimate of drug-likeness (QED) is 0.108. The molecular weight excluding hydrogens is 658 g/mol. The number of hydrogen-bond donors (Lipinski definition) is 3. The number of hydrogen-bond acceptors (Lipinski definition) is 7. The summed E-state index contributed by atoms with van der Waals surface area (Å²) in [4.78, 5) is 40.4. The van der Waals surface area contributed by atoms with Gasteiger partial charge >= 0.3 is 0 Å². The lowest BCUT2D eigenvalue weighted by molar-refractivity contribution is -0.115. The minimum Gasteiger partial charge on any atom is -0.496 e. The van der Waals surface area contributed by atoms with Crippen molar-refractivity contribution in [3.8, 4) is 17.2 Å². The van der Waals surface area contributed by atoms with Gasteiger partial charge in [-0.1, -0.05) is 36.4 Å². The Kier molecular flexibility index (Phi) is 11.7. The number of halogens is 1. The minimum absolute atomic E-state index is 0.0337. The van der Waals surface area contributed by atoms with Crippen LogP contribution in [0.5, 0.6) is 17.2 Å². The third-order valence-corrected chi connectivity index (χ3v) is 8.26. The van der Waals surface area contributed by atoms with Crippen molar-refractivity contribution < 1.29 is 28.6 Å². The predicted molar refractivity (Wildman–Crippen MR) is 181 cm³/mol. The Labute approximate surface area is 274 Å². The summed E-state index contributed by atoms with van der Waals surface area (Å²) in [5.41, 5.74) is 1.97. The fourth-order valence-corrected chi connectivity index (χ4v) is 5.47. The van der Waals surface area contributed by atoms with E-state index < -0.39 is 17.1 Å². The number of rotatable bonds is 12. The van der Waals surface area contributed by atoms with Gasteiger partial charge in [-0.15, -0.1) is 11.8 Å². The highest BCUT2D eigenvalue weighted by Gasteiger charge is 2.19. The van der Waals surface area contributed by atoms with Crippen molar-refractivity contribution in [1.82, 2.24) is 5.32 Å². The number of para-hydroxylation sites is 1. The molecule has 3 N–H and O–H groups in total. The summed E-state index contributed by atoms with van der Waals surface area (Å²) in [6.45, 7) is 1.80. The topological polar surface area (TPSA) is 115 Å². The first-order valence-electron chi connectivity index (χ1n) is 13.7. The number of anilines is 2. The van der Waals surface area contributed by atoms with Crippen LogP contribution in [0.4, 0.5) is 11.4 Å². The molecule has 0 aliphatic rings. The normalized spacial score (nSPS) is 11.6. The van der Waals surface area contributed by atoms with Crippen LogP contribution in [0.3, 0.4) is 0 Å². The fraction of sp³-hybridized carbons (Fsp3) is 0.147. The molecular formula is C34H32BrN3O6S. The van der Waals surface area contributed by atoms with Crippen LogP contribution in [0.15, 0.2) is 106 Å². The van der Waals surface area contributed by atoms with Gasteiger partial charge in [-0.2, -0.15) is 0 Å². The zero-order valence-electron chi connectivity index (χ0n) is 25.1. The van der Waals surface area contributed by atoms with Crippen LogP contribution >= 0.6 is 27.7 Å². The zero-order chi connectivity index (χ0) is 32.3. The smallest absolute Gasteiger partial charge is 0.272 e. The van der Waals surface area contributed by atoms with Crippen molar-refractivity contribution in [1.29, 1.82) is 0 Å². The van der Waals surface area contributed by atoms with Crippen molar-refractivity contribution in [2.24, 2.45) is 0 Å². The summed E-state index contributed by atoms with van der Waals surface area (Å²) in [6.07, 6.45) is 1.50. The first-order valence-corrected chi connectivity index (χ1v) is 15.4. The van der Waals surface area contributed by atoms with Crippen molar-refractivity contribution in [2.45, 2.75) is 17.1 Å². The summed E-state index contributed by atoms with van der Waals surface area (Å²) >= 11 is 4.79. The highest BCUT2D eigenvalue weighted by Crippen LogP contribution is 2.36. The van der Waals surface area contributed by atoms with Gasteiger partial charge in [0.2, 0.25) is 5.91 Å². The highest BCUT2D eigenvalue weighted by atomic mass is 79.9. The average Bonchev–Trinajstić information content (AvgIpc) is 3.05. The standard InChI is InChI=1S/C34H32BrN3O6S/c1-21(32(39)37-27-16-9-8-15-26(27)35)45-25-14-10-13-24(19-25)36-34(41)28(38-33(40)22-11-6-5-7-12-22)17-23-18-30(43-3)31(44-4)20-29(23)42-2/h5-21H,1-4H3,(H,36,41)(H,37,39)(H,38,40)/b28-17+. The summed E-state index contributed by atoms with van der Waals surface area (Å²) in [5, 5.41) is 8.08. The van der Waals surface area contributed by atoms with Gasteiger partial charge in [0.15, 0.2) is 11.5 Å². The van der Waals surface area contributed by atoms with E-state index in [0.29, 0.717) is 39.8 Å². The summed E-state index contributed by atoms with van der Waals surface area (Å²) in [7, 11) is 4.50. The van der Waals surface area contributed by atoms with Crippen molar-refractivity contribution in [3.05, 3.63) is 112 Å². The molecule has 45 heavy (non-hydrogen) atoms. The van der Waals surface area contributed by atoms with E-state index in [1.54, 1.807) is 67.6 Å². The fourth-order valence-electron chi connectivity index (χ4n) is 4.16. The molecule has 4 rings (SSSR count). The summed E-state index contributed by atoms with van der Waals surface area (Å²) in [5.74, 6) is 0.0587. The van der Waals surface area contributed by atoms with Crippen LogP contribution in [-0.2, 0) is 9.59 Å². The molecule has 4 aromatic carbocycles. The van der Waals surface area contributed by atoms with Gasteiger partial charge in [-0.3, -0.25) is 14.4 Å². The number of thioether (sulfide) groups is 1. The summed E-state index contributed by atoms with van der Waals surface area (Å²) in [6, 6.07) is 26.3. The number of carbonyl (C=O) groups excluding carboxylic acids is 3. The van der Waals surface area contributed by atoms with E-state index in [9.17, 15) is 14.4 Å². The number of amides is 3. The lowest BCUT2D eigenvalue weighted by Gasteiger charge is -2.15. The van der Waals surface area contributed by atoms with Gasteiger partial charge in [-0.25, -0.2) is 0 Å². The number of methoxy groups -OCH3 is 3. The Morgan fingerprint density at radius 2 is 1.44 bits per heavy atom. The second kappa shape index (κ2) is 15.8. The van der Waals surface area contributed by atoms with Gasteiger partial charge in [-0.05, 0) is 77.5 Å². The summed E-state index contributed by atoms with van der Waals surface area (Å²) < 4.78 is 17.1. The van der Waals surface area contributed by atoms with Crippen LogP contribution in [0.1, 0.15) is 22.8 Å². The largest absolute Gasteiger partial charge is 0.496 e. The van der Waals surface area contributed by atoms with Crippen molar-refractivity contribution in [2.75, 3.05) is 32.0 Å². The number of nitrogens with one attached hydrogen (secondary N) is 3. The van der Waals surface area contributed by atoms with E-state index >= 15 is 0 Å². The van der Waals surface area contributed by atoms with Gasteiger partial charge in [0.1, 0.15) is 11.4 Å². The van der Waals surface area contributed by atoms with E-state index in [1.807, 2.05) is 30.3 Å². The minimum atomic E-state index is -0.571. The maximum Gasteiger partial charge on any atom is 0.272 e. The van der Waals surface area contributed by atoms with E-state index in [-0.39, 0.29) is 11.6 Å². The van der Waals surface area contributed by atoms with E-state index in [4.69, 9.17) is 14.2 Å². The third kappa shape index (κ3) is 8.90. The second-order valence-electron chi connectivity index (χ2n) is 9.54. The molecule has 0 aromatic heterocycles. The zero-order valence-corrected chi connectivity index (χ0v) is 27.5. The second-order valence-corrected chi connectivity index (χ2v) is 11.8. The SMILES string of the molecule is COc1cc(OC)c(OC)cc1/C=C(/NC(=O)c1ccccc1)C(=O)Nc1cccc(SC(C)C(=O)Nc2ccccc2Br)c1. The number of carbonyl (C=O) groups is 3. The Morgan fingerprint density at radius 1 is 0.778 bits per heavy atom. The van der Waals surface area contributed by atoms with Crippen LogP contribution in [0, 0.1) is 0 Å². The van der Waals surface area contributed by atoms with Gasteiger partial charge in [0.25, 0.3) is 11.8 Å².